The molecule has 2 N–H and O–H groups in total. The van der Waals surface area contributed by atoms with Crippen LogP contribution in [0.5, 0.6) is 5.75 Å². The fourth-order valence-electron chi connectivity index (χ4n) is 2.19. The highest BCUT2D eigenvalue weighted by molar-refractivity contribution is 9.10. The summed E-state index contributed by atoms with van der Waals surface area (Å²) in [6, 6.07) is 5.77. The summed E-state index contributed by atoms with van der Waals surface area (Å²) in [5, 5.41) is 3.10. The predicted octanol–water partition coefficient (Wildman–Crippen LogP) is 4.15. The van der Waals surface area contributed by atoms with Crippen molar-refractivity contribution in [2.24, 2.45) is 0 Å². The van der Waals surface area contributed by atoms with Crippen LogP contribution in [0.25, 0.3) is 11.4 Å². The maximum atomic E-state index is 12.2. The molecule has 6 heteroatoms. The second-order valence-electron chi connectivity index (χ2n) is 5.58. The molecule has 2 rings (SSSR count). The molecule has 0 radical (unpaired) electrons. The maximum absolute atomic E-state index is 12.2. The molecule has 0 amide bonds. The molecule has 0 saturated heterocycles. The largest absolute Gasteiger partial charge is 0.493 e. The van der Waals surface area contributed by atoms with Crippen molar-refractivity contribution in [3.8, 4) is 17.1 Å². The van der Waals surface area contributed by atoms with Crippen LogP contribution in [0, 0.1) is 0 Å². The van der Waals surface area contributed by atoms with Crippen LogP contribution in [0.4, 0.5) is 5.69 Å². The summed E-state index contributed by atoms with van der Waals surface area (Å²) >= 11 is 3.33. The monoisotopic (exact) mass is 379 g/mol. The molecular formula is C17H22BrN3O2. The molecule has 0 aliphatic rings. The van der Waals surface area contributed by atoms with Gasteiger partial charge in [-0.3, -0.25) is 4.79 Å². The lowest BCUT2D eigenvalue weighted by Crippen LogP contribution is -2.15. The van der Waals surface area contributed by atoms with E-state index in [1.807, 2.05) is 39.1 Å². The summed E-state index contributed by atoms with van der Waals surface area (Å²) < 4.78 is 6.29. The van der Waals surface area contributed by atoms with Crippen LogP contribution < -0.4 is 15.6 Å². The highest BCUT2D eigenvalue weighted by Gasteiger charge is 2.16. The molecule has 5 nitrogen and oxygen atoms in total. The van der Waals surface area contributed by atoms with E-state index in [-0.39, 0.29) is 11.5 Å². The lowest BCUT2D eigenvalue weighted by atomic mass is 10.1. The average molecular weight is 380 g/mol. The van der Waals surface area contributed by atoms with Crippen molar-refractivity contribution < 1.29 is 4.74 Å². The fraction of sp³-hybridized carbons (Fsp3) is 0.412. The molecule has 0 aliphatic heterocycles. The highest BCUT2D eigenvalue weighted by Crippen LogP contribution is 2.32. The standard InChI is InChI=1S/C17H22BrN3O2/c1-5-8-23-13-7-6-11(19-4)9-12(13)16-20-15(10(2)3)14(18)17(22)21-16/h6-7,9-10,19H,5,8H2,1-4H3,(H,20,21,22). The number of H-pyrrole nitrogens is 1. The molecule has 0 unspecified atom stereocenters. The van der Waals surface area contributed by atoms with Crippen LogP contribution in [0.15, 0.2) is 27.5 Å². The van der Waals surface area contributed by atoms with Crippen molar-refractivity contribution in [1.29, 1.82) is 0 Å². The van der Waals surface area contributed by atoms with Gasteiger partial charge < -0.3 is 15.0 Å². The molecule has 0 atom stereocenters. The maximum Gasteiger partial charge on any atom is 0.265 e. The summed E-state index contributed by atoms with van der Waals surface area (Å²) in [5.74, 6) is 1.37. The zero-order valence-corrected chi connectivity index (χ0v) is 15.5. The Labute approximate surface area is 144 Å². The average Bonchev–Trinajstić information content (AvgIpc) is 2.54. The lowest BCUT2D eigenvalue weighted by molar-refractivity contribution is 0.318. The minimum absolute atomic E-state index is 0.137. The number of aromatic amines is 1. The van der Waals surface area contributed by atoms with Crippen LogP contribution in [-0.4, -0.2) is 23.6 Å². The third-order valence-corrected chi connectivity index (χ3v) is 4.19. The Balaban J connectivity index is 2.62. The SMILES string of the molecule is CCCOc1ccc(NC)cc1-c1nc(C(C)C)c(Br)c(=O)[nH]1. The van der Waals surface area contributed by atoms with Gasteiger partial charge in [-0.1, -0.05) is 20.8 Å². The molecule has 1 aromatic carbocycles. The van der Waals surface area contributed by atoms with Gasteiger partial charge in [0.05, 0.1) is 17.9 Å². The van der Waals surface area contributed by atoms with Crippen LogP contribution in [-0.2, 0) is 0 Å². The molecule has 0 fully saturated rings. The number of nitrogens with one attached hydrogen (secondary N) is 2. The lowest BCUT2D eigenvalue weighted by Gasteiger charge is -2.14. The number of halogens is 1. The van der Waals surface area contributed by atoms with E-state index in [4.69, 9.17) is 4.74 Å². The minimum atomic E-state index is -0.185. The van der Waals surface area contributed by atoms with Crippen LogP contribution in [0.3, 0.4) is 0 Å². The van der Waals surface area contributed by atoms with Crippen molar-refractivity contribution >= 4 is 21.6 Å². The van der Waals surface area contributed by atoms with E-state index in [1.54, 1.807) is 0 Å². The Morgan fingerprint density at radius 3 is 2.74 bits per heavy atom. The van der Waals surface area contributed by atoms with E-state index in [2.05, 4.69) is 38.1 Å². The van der Waals surface area contributed by atoms with Gasteiger partial charge in [-0.25, -0.2) is 4.98 Å². The summed E-state index contributed by atoms with van der Waals surface area (Å²) in [5.41, 5.74) is 2.26. The molecular weight excluding hydrogens is 358 g/mol. The van der Waals surface area contributed by atoms with Gasteiger partial charge in [-0.2, -0.15) is 0 Å². The zero-order valence-electron chi connectivity index (χ0n) is 13.9. The molecule has 1 heterocycles. The van der Waals surface area contributed by atoms with Crippen molar-refractivity contribution in [3.63, 3.8) is 0 Å². The molecule has 2 aromatic rings. The first-order chi connectivity index (χ1) is 11.0. The third kappa shape index (κ3) is 3.93. The number of rotatable bonds is 6. The summed E-state index contributed by atoms with van der Waals surface area (Å²) in [4.78, 5) is 19.7. The van der Waals surface area contributed by atoms with Crippen molar-refractivity contribution in [3.05, 3.63) is 38.7 Å². The van der Waals surface area contributed by atoms with Crippen LogP contribution in [0.1, 0.15) is 38.8 Å². The van der Waals surface area contributed by atoms with Gasteiger partial charge in [0, 0.05) is 12.7 Å². The number of nitrogens with zero attached hydrogens (tertiary/aromatic N) is 1. The van der Waals surface area contributed by atoms with Gasteiger partial charge in [0.15, 0.2) is 0 Å². The van der Waals surface area contributed by atoms with E-state index in [0.29, 0.717) is 22.7 Å². The topological polar surface area (TPSA) is 67.0 Å². The first-order valence-corrected chi connectivity index (χ1v) is 8.51. The number of hydrogen-bond donors (Lipinski definition) is 2. The highest BCUT2D eigenvalue weighted by atomic mass is 79.9. The van der Waals surface area contributed by atoms with Crippen molar-refractivity contribution in [1.82, 2.24) is 9.97 Å². The van der Waals surface area contributed by atoms with E-state index < -0.39 is 0 Å². The molecule has 0 bridgehead atoms. The Bertz CT molecular complexity index is 741. The summed E-state index contributed by atoms with van der Waals surface area (Å²) in [7, 11) is 1.85. The van der Waals surface area contributed by atoms with Gasteiger partial charge in [0.1, 0.15) is 16.0 Å². The zero-order chi connectivity index (χ0) is 17.0. The van der Waals surface area contributed by atoms with Crippen LogP contribution >= 0.6 is 15.9 Å². The van der Waals surface area contributed by atoms with E-state index in [9.17, 15) is 4.79 Å². The van der Waals surface area contributed by atoms with Crippen molar-refractivity contribution in [2.75, 3.05) is 19.0 Å². The number of ether oxygens (including phenoxy) is 1. The minimum Gasteiger partial charge on any atom is -0.493 e. The Morgan fingerprint density at radius 2 is 2.13 bits per heavy atom. The predicted molar refractivity (Wildman–Crippen MR) is 97.4 cm³/mol. The second kappa shape index (κ2) is 7.64. The molecule has 0 saturated carbocycles. The second-order valence-corrected chi connectivity index (χ2v) is 6.37. The van der Waals surface area contributed by atoms with Crippen molar-refractivity contribution in [2.45, 2.75) is 33.1 Å². The third-order valence-electron chi connectivity index (χ3n) is 3.42. The van der Waals surface area contributed by atoms with Gasteiger partial charge in [-0.05, 0) is 46.5 Å². The Kier molecular flexibility index (Phi) is 5.82. The van der Waals surface area contributed by atoms with Gasteiger partial charge in [0.25, 0.3) is 5.56 Å². The van der Waals surface area contributed by atoms with Gasteiger partial charge in [-0.15, -0.1) is 0 Å². The Hall–Kier alpha value is -1.82. The smallest absolute Gasteiger partial charge is 0.265 e. The Morgan fingerprint density at radius 1 is 1.39 bits per heavy atom. The molecule has 124 valence electrons. The first-order valence-electron chi connectivity index (χ1n) is 7.72. The van der Waals surface area contributed by atoms with E-state index in [0.717, 1.165) is 23.4 Å². The molecule has 1 aromatic heterocycles. The van der Waals surface area contributed by atoms with Gasteiger partial charge >= 0.3 is 0 Å². The quantitative estimate of drug-likeness (QED) is 0.790. The molecule has 0 spiro atoms. The summed E-state index contributed by atoms with van der Waals surface area (Å²) in [6.45, 7) is 6.69. The fourth-order valence-corrected chi connectivity index (χ4v) is 2.84. The van der Waals surface area contributed by atoms with Gasteiger partial charge in [0.2, 0.25) is 0 Å². The molecule has 0 aliphatic carbocycles. The van der Waals surface area contributed by atoms with E-state index in [1.165, 1.54) is 0 Å². The summed E-state index contributed by atoms with van der Waals surface area (Å²) in [6.07, 6.45) is 0.911. The van der Waals surface area contributed by atoms with E-state index >= 15 is 0 Å². The first kappa shape index (κ1) is 17.5. The number of aromatic nitrogens is 2. The van der Waals surface area contributed by atoms with Crippen LogP contribution in [0.2, 0.25) is 0 Å². The number of hydrogen-bond acceptors (Lipinski definition) is 4. The number of anilines is 1. The normalized spacial score (nSPS) is 10.9. The molecule has 23 heavy (non-hydrogen) atoms. The number of benzene rings is 1.